The third-order valence-corrected chi connectivity index (χ3v) is 2.77. The molecule has 1 rings (SSSR count). The summed E-state index contributed by atoms with van der Waals surface area (Å²) in [5.41, 5.74) is 1.45. The molecule has 5 heteroatoms. The molecule has 0 heterocycles. The van der Waals surface area contributed by atoms with E-state index < -0.39 is 5.97 Å². The molecule has 0 spiro atoms. The normalized spacial score (nSPS) is 10.5. The van der Waals surface area contributed by atoms with Gasteiger partial charge in [0.15, 0.2) is 0 Å². The number of hydrogen-bond donors (Lipinski definition) is 2. The molecular weight excluding hydrogens is 256 g/mol. The Morgan fingerprint density at radius 1 is 1.30 bits per heavy atom. The fraction of sp³-hybridized carbons (Fsp3) is 0.333. The van der Waals surface area contributed by atoms with Crippen molar-refractivity contribution in [1.82, 2.24) is 4.90 Å². The number of carbonyl (C=O) groups is 2. The van der Waals surface area contributed by atoms with Crippen molar-refractivity contribution in [3.63, 3.8) is 0 Å². The second kappa shape index (κ2) is 7.99. The SMILES string of the molecule is CCCCN(C)C(=O)Nc1ccc(C=CC(=O)O)cc1. The van der Waals surface area contributed by atoms with Crippen molar-refractivity contribution in [2.75, 3.05) is 18.9 Å². The highest BCUT2D eigenvalue weighted by Gasteiger charge is 2.07. The lowest BCUT2D eigenvalue weighted by Crippen LogP contribution is -2.32. The minimum absolute atomic E-state index is 0.146. The highest BCUT2D eigenvalue weighted by molar-refractivity contribution is 5.89. The molecule has 5 nitrogen and oxygen atoms in total. The summed E-state index contributed by atoms with van der Waals surface area (Å²) in [7, 11) is 1.76. The zero-order valence-corrected chi connectivity index (χ0v) is 11.8. The Labute approximate surface area is 118 Å². The number of carboxylic acids is 1. The van der Waals surface area contributed by atoms with E-state index in [0.29, 0.717) is 5.69 Å². The van der Waals surface area contributed by atoms with E-state index in [4.69, 9.17) is 5.11 Å². The minimum Gasteiger partial charge on any atom is -0.478 e. The van der Waals surface area contributed by atoms with Gasteiger partial charge in [0.25, 0.3) is 0 Å². The van der Waals surface area contributed by atoms with Gasteiger partial charge in [0.2, 0.25) is 0 Å². The Hall–Kier alpha value is -2.30. The van der Waals surface area contributed by atoms with Crippen LogP contribution in [0.2, 0.25) is 0 Å². The summed E-state index contributed by atoms with van der Waals surface area (Å²) in [5.74, 6) is -0.986. The Balaban J connectivity index is 2.56. The summed E-state index contributed by atoms with van der Waals surface area (Å²) in [4.78, 5) is 23.9. The van der Waals surface area contributed by atoms with Crippen LogP contribution in [0.5, 0.6) is 0 Å². The number of nitrogens with one attached hydrogen (secondary N) is 1. The van der Waals surface area contributed by atoms with Crippen molar-refractivity contribution >= 4 is 23.8 Å². The Morgan fingerprint density at radius 3 is 2.50 bits per heavy atom. The summed E-state index contributed by atoms with van der Waals surface area (Å²) in [5, 5.41) is 11.3. The van der Waals surface area contributed by atoms with E-state index in [0.717, 1.165) is 31.0 Å². The topological polar surface area (TPSA) is 69.6 Å². The highest BCUT2D eigenvalue weighted by Crippen LogP contribution is 2.11. The quantitative estimate of drug-likeness (QED) is 0.784. The number of nitrogens with zero attached hydrogens (tertiary/aromatic N) is 1. The predicted octanol–water partition coefficient (Wildman–Crippen LogP) is 3.05. The molecule has 0 aliphatic heterocycles. The molecule has 2 N–H and O–H groups in total. The second-order valence-corrected chi connectivity index (χ2v) is 4.50. The van der Waals surface area contributed by atoms with Crippen molar-refractivity contribution in [1.29, 1.82) is 0 Å². The number of aliphatic carboxylic acids is 1. The fourth-order valence-electron chi connectivity index (χ4n) is 1.56. The van der Waals surface area contributed by atoms with Crippen molar-refractivity contribution < 1.29 is 14.7 Å². The van der Waals surface area contributed by atoms with Crippen LogP contribution in [0, 0.1) is 0 Å². The standard InChI is InChI=1S/C15H20N2O3/c1-3-4-11-17(2)15(20)16-13-8-5-12(6-9-13)7-10-14(18)19/h5-10H,3-4,11H2,1-2H3,(H,16,20)(H,18,19). The molecule has 0 aromatic heterocycles. The van der Waals surface area contributed by atoms with E-state index >= 15 is 0 Å². The van der Waals surface area contributed by atoms with Crippen LogP contribution in [-0.2, 0) is 4.79 Å². The van der Waals surface area contributed by atoms with Gasteiger partial charge in [0, 0.05) is 25.4 Å². The number of carbonyl (C=O) groups excluding carboxylic acids is 1. The average Bonchev–Trinajstić information content (AvgIpc) is 2.43. The second-order valence-electron chi connectivity index (χ2n) is 4.50. The largest absolute Gasteiger partial charge is 0.478 e. The molecule has 0 unspecified atom stereocenters. The highest BCUT2D eigenvalue weighted by atomic mass is 16.4. The van der Waals surface area contributed by atoms with Gasteiger partial charge in [-0.05, 0) is 30.2 Å². The van der Waals surface area contributed by atoms with Crippen molar-refractivity contribution in [2.24, 2.45) is 0 Å². The van der Waals surface area contributed by atoms with E-state index in [9.17, 15) is 9.59 Å². The number of urea groups is 1. The lowest BCUT2D eigenvalue weighted by Gasteiger charge is -2.17. The van der Waals surface area contributed by atoms with E-state index in [1.807, 2.05) is 0 Å². The van der Waals surface area contributed by atoms with E-state index in [-0.39, 0.29) is 6.03 Å². The van der Waals surface area contributed by atoms with Crippen molar-refractivity contribution in [3.05, 3.63) is 35.9 Å². The van der Waals surface area contributed by atoms with E-state index in [2.05, 4.69) is 12.2 Å². The van der Waals surface area contributed by atoms with Gasteiger partial charge in [-0.3, -0.25) is 0 Å². The number of unbranched alkanes of at least 4 members (excludes halogenated alkanes) is 1. The fourth-order valence-corrected chi connectivity index (χ4v) is 1.56. The molecule has 1 aromatic carbocycles. The van der Waals surface area contributed by atoms with Gasteiger partial charge in [-0.1, -0.05) is 25.5 Å². The third kappa shape index (κ3) is 5.56. The molecular formula is C15H20N2O3. The monoisotopic (exact) mass is 276 g/mol. The maximum atomic E-state index is 11.8. The van der Waals surface area contributed by atoms with Crippen LogP contribution in [0.4, 0.5) is 10.5 Å². The van der Waals surface area contributed by atoms with Crippen LogP contribution in [0.3, 0.4) is 0 Å². The van der Waals surface area contributed by atoms with Crippen molar-refractivity contribution in [2.45, 2.75) is 19.8 Å². The van der Waals surface area contributed by atoms with Crippen LogP contribution in [0.1, 0.15) is 25.3 Å². The van der Waals surface area contributed by atoms with Gasteiger partial charge in [-0.2, -0.15) is 0 Å². The first-order valence-corrected chi connectivity index (χ1v) is 6.56. The number of carboxylic acid groups (broad SMARTS) is 1. The van der Waals surface area contributed by atoms with Crippen LogP contribution >= 0.6 is 0 Å². The molecule has 0 bridgehead atoms. The molecule has 20 heavy (non-hydrogen) atoms. The lowest BCUT2D eigenvalue weighted by molar-refractivity contribution is -0.131. The Morgan fingerprint density at radius 2 is 1.95 bits per heavy atom. The zero-order valence-electron chi connectivity index (χ0n) is 11.8. The van der Waals surface area contributed by atoms with Gasteiger partial charge < -0.3 is 15.3 Å². The third-order valence-electron chi connectivity index (χ3n) is 2.77. The molecule has 1 aromatic rings. The molecule has 108 valence electrons. The molecule has 0 atom stereocenters. The van der Waals surface area contributed by atoms with Crippen LogP contribution in [0.15, 0.2) is 30.3 Å². The lowest BCUT2D eigenvalue weighted by atomic mass is 10.2. The number of benzene rings is 1. The molecule has 0 saturated carbocycles. The van der Waals surface area contributed by atoms with E-state index in [1.165, 1.54) is 6.08 Å². The van der Waals surface area contributed by atoms with Crippen LogP contribution < -0.4 is 5.32 Å². The summed E-state index contributed by atoms with van der Waals surface area (Å²) in [6.45, 7) is 2.80. The van der Waals surface area contributed by atoms with Crippen molar-refractivity contribution in [3.8, 4) is 0 Å². The number of rotatable bonds is 6. The minimum atomic E-state index is -0.986. The Kier molecular flexibility index (Phi) is 6.29. The van der Waals surface area contributed by atoms with Crippen LogP contribution in [-0.4, -0.2) is 35.6 Å². The first kappa shape index (κ1) is 15.8. The average molecular weight is 276 g/mol. The first-order chi connectivity index (χ1) is 9.52. The maximum absolute atomic E-state index is 11.8. The van der Waals surface area contributed by atoms with E-state index in [1.54, 1.807) is 36.2 Å². The smallest absolute Gasteiger partial charge is 0.328 e. The predicted molar refractivity (Wildman–Crippen MR) is 79.7 cm³/mol. The maximum Gasteiger partial charge on any atom is 0.328 e. The zero-order chi connectivity index (χ0) is 15.0. The summed E-state index contributed by atoms with van der Waals surface area (Å²) in [6.07, 6.45) is 4.60. The molecule has 0 saturated heterocycles. The summed E-state index contributed by atoms with van der Waals surface area (Å²) >= 11 is 0. The number of amides is 2. The molecule has 0 aliphatic carbocycles. The first-order valence-electron chi connectivity index (χ1n) is 6.56. The summed E-state index contributed by atoms with van der Waals surface area (Å²) < 4.78 is 0. The molecule has 0 aliphatic rings. The molecule has 0 fully saturated rings. The van der Waals surface area contributed by atoms with Gasteiger partial charge >= 0.3 is 12.0 Å². The van der Waals surface area contributed by atoms with Crippen LogP contribution in [0.25, 0.3) is 6.08 Å². The number of hydrogen-bond acceptors (Lipinski definition) is 2. The van der Waals surface area contributed by atoms with Gasteiger partial charge in [-0.15, -0.1) is 0 Å². The number of anilines is 1. The molecule has 0 radical (unpaired) electrons. The summed E-state index contributed by atoms with van der Waals surface area (Å²) in [6, 6.07) is 6.84. The Bertz CT molecular complexity index is 480. The molecule has 2 amide bonds. The van der Waals surface area contributed by atoms with Gasteiger partial charge in [-0.25, -0.2) is 9.59 Å². The van der Waals surface area contributed by atoms with Gasteiger partial charge in [0.05, 0.1) is 0 Å². The van der Waals surface area contributed by atoms with Gasteiger partial charge in [0.1, 0.15) is 0 Å².